The smallest absolute Gasteiger partial charge is 0.259 e. The highest BCUT2D eigenvalue weighted by atomic mass is 35.5. The Bertz CT molecular complexity index is 405. The molecule has 0 unspecified atom stereocenters. The zero-order chi connectivity index (χ0) is 13.0. The molecule has 1 atom stereocenters. The minimum absolute atomic E-state index is 0.00560. The van der Waals surface area contributed by atoms with Crippen LogP contribution in [0, 0.1) is 0 Å². The summed E-state index contributed by atoms with van der Waals surface area (Å²) in [4.78, 5) is 12.9. The van der Waals surface area contributed by atoms with Gasteiger partial charge in [-0.3, -0.25) is 4.79 Å². The average molecular weight is 257 g/mol. The van der Waals surface area contributed by atoms with Crippen LogP contribution in [0.5, 0.6) is 5.75 Å². The van der Waals surface area contributed by atoms with Gasteiger partial charge in [0.1, 0.15) is 5.75 Å². The maximum Gasteiger partial charge on any atom is 0.259 e. The van der Waals surface area contributed by atoms with Gasteiger partial charge >= 0.3 is 0 Å². The summed E-state index contributed by atoms with van der Waals surface area (Å²) in [6.45, 7) is 1.83. The lowest BCUT2D eigenvalue weighted by atomic mass is 10.1. The maximum absolute atomic E-state index is 11.4. The van der Waals surface area contributed by atoms with Crippen LogP contribution in [0.4, 0.5) is 0 Å². The first-order chi connectivity index (χ1) is 7.91. The number of halogens is 1. The highest BCUT2D eigenvalue weighted by Gasteiger charge is 2.11. The van der Waals surface area contributed by atoms with Crippen LogP contribution in [-0.4, -0.2) is 31.5 Å². The molecule has 1 rings (SSSR count). The van der Waals surface area contributed by atoms with Crippen LogP contribution in [-0.2, 0) is 4.79 Å². The molecule has 0 saturated heterocycles. The number of carbonyl (C=O) groups excluding carboxylic acids is 1. The second-order valence-corrected chi connectivity index (χ2v) is 4.48. The van der Waals surface area contributed by atoms with Gasteiger partial charge in [-0.25, -0.2) is 0 Å². The van der Waals surface area contributed by atoms with E-state index in [1.54, 1.807) is 32.3 Å². The third-order valence-corrected chi connectivity index (χ3v) is 2.55. The summed E-state index contributed by atoms with van der Waals surface area (Å²) < 4.78 is 5.45. The maximum atomic E-state index is 11.4. The molecule has 4 nitrogen and oxygen atoms in total. The van der Waals surface area contributed by atoms with Crippen LogP contribution >= 0.6 is 11.6 Å². The lowest BCUT2D eigenvalue weighted by Gasteiger charge is -2.15. The molecule has 0 radical (unpaired) electrons. The summed E-state index contributed by atoms with van der Waals surface area (Å²) in [6, 6.07) is 4.99. The van der Waals surface area contributed by atoms with E-state index in [4.69, 9.17) is 22.1 Å². The summed E-state index contributed by atoms with van der Waals surface area (Å²) in [5.74, 6) is 0.496. The van der Waals surface area contributed by atoms with Gasteiger partial charge in [0.2, 0.25) is 0 Å². The molecule has 0 heterocycles. The predicted molar refractivity (Wildman–Crippen MR) is 68.2 cm³/mol. The van der Waals surface area contributed by atoms with Gasteiger partial charge < -0.3 is 15.4 Å². The number of carbonyl (C=O) groups is 1. The zero-order valence-corrected chi connectivity index (χ0v) is 11.0. The molecular weight excluding hydrogens is 240 g/mol. The number of nitrogens with two attached hydrogens (primary N) is 1. The number of hydrogen-bond donors (Lipinski definition) is 1. The van der Waals surface area contributed by atoms with Crippen molar-refractivity contribution in [3.63, 3.8) is 0 Å². The van der Waals surface area contributed by atoms with Gasteiger partial charge in [-0.15, -0.1) is 0 Å². The van der Waals surface area contributed by atoms with Crippen molar-refractivity contribution in [1.82, 2.24) is 4.90 Å². The molecule has 0 fully saturated rings. The van der Waals surface area contributed by atoms with Crippen molar-refractivity contribution < 1.29 is 9.53 Å². The molecule has 1 aromatic carbocycles. The monoisotopic (exact) mass is 256 g/mol. The van der Waals surface area contributed by atoms with Crippen LogP contribution in [0.15, 0.2) is 18.2 Å². The number of likely N-dealkylation sites (N-methyl/N-ethyl adjacent to an activating group) is 1. The van der Waals surface area contributed by atoms with E-state index in [-0.39, 0.29) is 18.6 Å². The molecule has 17 heavy (non-hydrogen) atoms. The molecule has 94 valence electrons. The predicted octanol–water partition coefficient (Wildman–Crippen LogP) is 1.83. The largest absolute Gasteiger partial charge is 0.483 e. The number of amides is 1. The average Bonchev–Trinajstić information content (AvgIpc) is 2.26. The highest BCUT2D eigenvalue weighted by molar-refractivity contribution is 6.30. The second-order valence-electron chi connectivity index (χ2n) is 4.05. The first kappa shape index (κ1) is 13.8. The van der Waals surface area contributed by atoms with E-state index in [0.29, 0.717) is 10.8 Å². The first-order valence-corrected chi connectivity index (χ1v) is 5.67. The number of benzene rings is 1. The summed E-state index contributed by atoms with van der Waals surface area (Å²) >= 11 is 5.89. The summed E-state index contributed by atoms with van der Waals surface area (Å²) in [6.07, 6.45) is 0. The zero-order valence-electron chi connectivity index (χ0n) is 10.2. The Morgan fingerprint density at radius 2 is 2.18 bits per heavy atom. The van der Waals surface area contributed by atoms with Crippen molar-refractivity contribution in [2.45, 2.75) is 13.0 Å². The molecule has 0 aliphatic heterocycles. The topological polar surface area (TPSA) is 55.6 Å². The quantitative estimate of drug-likeness (QED) is 0.894. The molecule has 1 amide bonds. The Morgan fingerprint density at radius 3 is 2.71 bits per heavy atom. The standard InChI is InChI=1S/C12H17ClN2O2/c1-8(14)10-6-9(13)4-5-11(10)17-7-12(16)15(2)3/h4-6,8H,7,14H2,1-3H3/t8-/m1/s1. The number of hydrogen-bond acceptors (Lipinski definition) is 3. The normalized spacial score (nSPS) is 12.1. The molecule has 5 heteroatoms. The Morgan fingerprint density at radius 1 is 1.53 bits per heavy atom. The lowest BCUT2D eigenvalue weighted by molar-refractivity contribution is -0.130. The second kappa shape index (κ2) is 5.89. The molecule has 0 spiro atoms. The Labute approximate surface area is 106 Å². The van der Waals surface area contributed by atoms with Crippen LogP contribution in [0.1, 0.15) is 18.5 Å². The van der Waals surface area contributed by atoms with Crippen LogP contribution in [0.3, 0.4) is 0 Å². The molecule has 0 aliphatic carbocycles. The van der Waals surface area contributed by atoms with Gasteiger partial charge in [-0.1, -0.05) is 11.6 Å². The number of rotatable bonds is 4. The van der Waals surface area contributed by atoms with Gasteiger partial charge in [-0.2, -0.15) is 0 Å². The fourth-order valence-corrected chi connectivity index (χ4v) is 1.46. The molecule has 2 N–H and O–H groups in total. The van der Waals surface area contributed by atoms with Crippen molar-refractivity contribution in [2.24, 2.45) is 5.73 Å². The first-order valence-electron chi connectivity index (χ1n) is 5.29. The van der Waals surface area contributed by atoms with E-state index in [1.807, 2.05) is 6.92 Å². The van der Waals surface area contributed by atoms with Gasteiger partial charge in [0.25, 0.3) is 5.91 Å². The van der Waals surface area contributed by atoms with Crippen LogP contribution < -0.4 is 10.5 Å². The number of ether oxygens (including phenoxy) is 1. The third-order valence-electron chi connectivity index (χ3n) is 2.31. The Balaban J connectivity index is 2.80. The third kappa shape index (κ3) is 3.91. The summed E-state index contributed by atoms with van der Waals surface area (Å²) in [5, 5.41) is 0.601. The lowest BCUT2D eigenvalue weighted by Crippen LogP contribution is -2.27. The van der Waals surface area contributed by atoms with E-state index in [1.165, 1.54) is 4.90 Å². The van der Waals surface area contributed by atoms with Gasteiger partial charge in [-0.05, 0) is 25.1 Å². The Hall–Kier alpha value is -1.26. The number of nitrogens with zero attached hydrogens (tertiary/aromatic N) is 1. The van der Waals surface area contributed by atoms with Crippen molar-refractivity contribution in [2.75, 3.05) is 20.7 Å². The van der Waals surface area contributed by atoms with Gasteiger partial charge in [0, 0.05) is 30.7 Å². The fourth-order valence-electron chi connectivity index (χ4n) is 1.28. The van der Waals surface area contributed by atoms with Crippen LogP contribution in [0.25, 0.3) is 0 Å². The van der Waals surface area contributed by atoms with E-state index in [2.05, 4.69) is 0 Å². The van der Waals surface area contributed by atoms with E-state index in [9.17, 15) is 4.79 Å². The summed E-state index contributed by atoms with van der Waals surface area (Å²) in [7, 11) is 3.36. The van der Waals surface area contributed by atoms with Crippen molar-refractivity contribution in [3.05, 3.63) is 28.8 Å². The molecular formula is C12H17ClN2O2. The Kier molecular flexibility index (Phi) is 4.78. The minimum atomic E-state index is -0.196. The van der Waals surface area contributed by atoms with Crippen LogP contribution in [0.2, 0.25) is 5.02 Å². The summed E-state index contributed by atoms with van der Waals surface area (Å²) in [5.41, 5.74) is 6.61. The van der Waals surface area contributed by atoms with Gasteiger partial charge in [0.15, 0.2) is 6.61 Å². The van der Waals surface area contributed by atoms with Crippen molar-refractivity contribution >= 4 is 17.5 Å². The van der Waals surface area contributed by atoms with Gasteiger partial charge in [0.05, 0.1) is 0 Å². The van der Waals surface area contributed by atoms with E-state index >= 15 is 0 Å². The SMILES string of the molecule is C[C@@H](N)c1cc(Cl)ccc1OCC(=O)N(C)C. The molecule has 0 aromatic heterocycles. The minimum Gasteiger partial charge on any atom is -0.483 e. The van der Waals surface area contributed by atoms with E-state index in [0.717, 1.165) is 5.56 Å². The molecule has 1 aromatic rings. The van der Waals surface area contributed by atoms with Crippen molar-refractivity contribution in [1.29, 1.82) is 0 Å². The molecule has 0 saturated carbocycles. The van der Waals surface area contributed by atoms with Crippen molar-refractivity contribution in [3.8, 4) is 5.75 Å². The molecule has 0 bridgehead atoms. The molecule has 0 aliphatic rings. The van der Waals surface area contributed by atoms with E-state index < -0.39 is 0 Å². The highest BCUT2D eigenvalue weighted by Crippen LogP contribution is 2.27. The fraction of sp³-hybridized carbons (Fsp3) is 0.417.